The Morgan fingerprint density at radius 1 is 1.18 bits per heavy atom. The second-order valence-corrected chi connectivity index (χ2v) is 9.88. The normalized spacial score (nSPS) is 24.5. The minimum absolute atomic E-state index is 0. The van der Waals surface area contributed by atoms with Crippen LogP contribution in [0.25, 0.3) is 0 Å². The molecule has 6 nitrogen and oxygen atoms in total. The van der Waals surface area contributed by atoms with Gasteiger partial charge in [-0.3, -0.25) is 4.79 Å². The zero-order valence-electron chi connectivity index (χ0n) is 16.6. The van der Waals surface area contributed by atoms with Gasteiger partial charge in [0, 0.05) is 18.6 Å². The molecule has 158 valence electrons. The number of amides is 1. The standard InChI is InChI=1S/C20H31N3O3S.ClH/c1-14(2)23-27(25,26)13-17-9-4-3-8-16(17)12-21-20(24)19-11-15-7-5-6-10-18(15)22-19;/h3-4,8-9,14-15,18-19,22-23H,5-7,10-13H2,1-2H3,(H,21,24);1H. The number of nitrogens with one attached hydrogen (secondary N) is 3. The number of hydrogen-bond donors (Lipinski definition) is 3. The third-order valence-electron chi connectivity index (χ3n) is 5.51. The van der Waals surface area contributed by atoms with Gasteiger partial charge in [0.15, 0.2) is 0 Å². The van der Waals surface area contributed by atoms with Crippen LogP contribution in [0.2, 0.25) is 0 Å². The lowest BCUT2D eigenvalue weighted by atomic mass is 9.85. The zero-order chi connectivity index (χ0) is 19.4. The SMILES string of the molecule is CC(C)NS(=O)(=O)Cc1ccccc1CNC(=O)C1CC2CCCCC2N1.Cl. The molecule has 28 heavy (non-hydrogen) atoms. The summed E-state index contributed by atoms with van der Waals surface area (Å²) in [7, 11) is -3.40. The molecule has 1 aromatic rings. The van der Waals surface area contributed by atoms with Crippen LogP contribution in [-0.4, -0.2) is 32.5 Å². The summed E-state index contributed by atoms with van der Waals surface area (Å²) in [4.78, 5) is 12.6. The van der Waals surface area contributed by atoms with Crippen LogP contribution in [0.1, 0.15) is 57.1 Å². The lowest BCUT2D eigenvalue weighted by Crippen LogP contribution is -2.43. The van der Waals surface area contributed by atoms with Gasteiger partial charge in [0.2, 0.25) is 15.9 Å². The lowest BCUT2D eigenvalue weighted by molar-refractivity contribution is -0.123. The summed E-state index contributed by atoms with van der Waals surface area (Å²) in [6, 6.07) is 7.60. The first-order valence-electron chi connectivity index (χ1n) is 9.94. The molecular weight excluding hydrogens is 398 g/mol. The molecular formula is C20H32ClN3O3S. The van der Waals surface area contributed by atoms with Gasteiger partial charge in [-0.1, -0.05) is 37.1 Å². The Balaban J connectivity index is 0.00000280. The molecule has 1 heterocycles. The van der Waals surface area contributed by atoms with Crippen LogP contribution in [0.4, 0.5) is 0 Å². The predicted octanol–water partition coefficient (Wildman–Crippen LogP) is 2.47. The number of sulfonamides is 1. The second kappa shape index (κ2) is 10.1. The highest BCUT2D eigenvalue weighted by Crippen LogP contribution is 2.33. The minimum atomic E-state index is -3.40. The number of fused-ring (bicyclic) bond motifs is 1. The van der Waals surface area contributed by atoms with Gasteiger partial charge in [-0.25, -0.2) is 13.1 Å². The van der Waals surface area contributed by atoms with Crippen LogP contribution in [0, 0.1) is 5.92 Å². The third kappa shape index (κ3) is 6.17. The molecule has 3 rings (SSSR count). The summed E-state index contributed by atoms with van der Waals surface area (Å²) < 4.78 is 27.1. The van der Waals surface area contributed by atoms with E-state index in [2.05, 4.69) is 15.4 Å². The molecule has 2 aliphatic rings. The molecule has 0 radical (unpaired) electrons. The van der Waals surface area contributed by atoms with Gasteiger partial charge in [0.25, 0.3) is 0 Å². The van der Waals surface area contributed by atoms with Crippen molar-refractivity contribution in [2.45, 2.75) is 76.4 Å². The molecule has 1 aliphatic carbocycles. The highest BCUT2D eigenvalue weighted by molar-refractivity contribution is 7.88. The van der Waals surface area contributed by atoms with E-state index in [0.717, 1.165) is 24.0 Å². The molecule has 1 saturated carbocycles. The largest absolute Gasteiger partial charge is 0.351 e. The van der Waals surface area contributed by atoms with Crippen molar-refractivity contribution in [3.05, 3.63) is 35.4 Å². The van der Waals surface area contributed by atoms with Crippen molar-refractivity contribution in [3.8, 4) is 0 Å². The summed E-state index contributed by atoms with van der Waals surface area (Å²) >= 11 is 0. The van der Waals surface area contributed by atoms with Gasteiger partial charge >= 0.3 is 0 Å². The van der Waals surface area contributed by atoms with E-state index in [0.29, 0.717) is 18.5 Å². The van der Waals surface area contributed by atoms with Gasteiger partial charge in [-0.15, -0.1) is 12.4 Å². The van der Waals surface area contributed by atoms with E-state index in [1.807, 2.05) is 24.3 Å². The number of halogens is 1. The maximum Gasteiger partial charge on any atom is 0.237 e. The van der Waals surface area contributed by atoms with E-state index < -0.39 is 10.0 Å². The highest BCUT2D eigenvalue weighted by atomic mass is 35.5. The average Bonchev–Trinajstić information content (AvgIpc) is 3.03. The lowest BCUT2D eigenvalue weighted by Gasteiger charge is -2.24. The highest BCUT2D eigenvalue weighted by Gasteiger charge is 2.38. The minimum Gasteiger partial charge on any atom is -0.351 e. The Labute approximate surface area is 174 Å². The van der Waals surface area contributed by atoms with E-state index in [4.69, 9.17) is 0 Å². The van der Waals surface area contributed by atoms with Crippen molar-refractivity contribution in [2.75, 3.05) is 0 Å². The maximum atomic E-state index is 12.6. The molecule has 0 aromatic heterocycles. The van der Waals surface area contributed by atoms with Crippen LogP contribution in [-0.2, 0) is 27.1 Å². The average molecular weight is 430 g/mol. The Bertz CT molecular complexity index is 756. The van der Waals surface area contributed by atoms with Crippen molar-refractivity contribution < 1.29 is 13.2 Å². The maximum absolute atomic E-state index is 12.6. The Morgan fingerprint density at radius 3 is 2.54 bits per heavy atom. The number of hydrogen-bond acceptors (Lipinski definition) is 4. The first kappa shape index (κ1) is 23.1. The molecule has 3 unspecified atom stereocenters. The van der Waals surface area contributed by atoms with Gasteiger partial charge in [-0.2, -0.15) is 0 Å². The number of carbonyl (C=O) groups excluding carboxylic acids is 1. The summed E-state index contributed by atoms with van der Waals surface area (Å²) in [5.41, 5.74) is 1.56. The summed E-state index contributed by atoms with van der Waals surface area (Å²) in [5.74, 6) is 0.555. The second-order valence-electron chi connectivity index (χ2n) is 8.12. The van der Waals surface area contributed by atoms with Crippen LogP contribution in [0.3, 0.4) is 0 Å². The first-order valence-corrected chi connectivity index (χ1v) is 11.6. The summed E-state index contributed by atoms with van der Waals surface area (Å²) in [6.45, 7) is 3.95. The molecule has 0 bridgehead atoms. The summed E-state index contributed by atoms with van der Waals surface area (Å²) in [6.07, 6.45) is 5.80. The van der Waals surface area contributed by atoms with Crippen LogP contribution < -0.4 is 15.4 Å². The third-order valence-corrected chi connectivity index (χ3v) is 7.03. The van der Waals surface area contributed by atoms with Gasteiger partial charge < -0.3 is 10.6 Å². The Hall–Kier alpha value is -1.15. The van der Waals surface area contributed by atoms with Crippen molar-refractivity contribution >= 4 is 28.3 Å². The van der Waals surface area contributed by atoms with Crippen molar-refractivity contribution in [1.82, 2.24) is 15.4 Å². The fraction of sp³-hybridized carbons (Fsp3) is 0.650. The molecule has 1 aromatic carbocycles. The quantitative estimate of drug-likeness (QED) is 0.621. The molecule has 3 atom stereocenters. The monoisotopic (exact) mass is 429 g/mol. The predicted molar refractivity (Wildman–Crippen MR) is 114 cm³/mol. The Kier molecular flexibility index (Phi) is 8.30. The molecule has 1 amide bonds. The molecule has 1 aliphatic heterocycles. The van der Waals surface area contributed by atoms with Crippen LogP contribution >= 0.6 is 12.4 Å². The van der Waals surface area contributed by atoms with Crippen molar-refractivity contribution in [2.24, 2.45) is 5.92 Å². The molecule has 2 fully saturated rings. The van der Waals surface area contributed by atoms with Gasteiger partial charge in [-0.05, 0) is 50.2 Å². The number of rotatable bonds is 7. The van der Waals surface area contributed by atoms with Crippen LogP contribution in [0.5, 0.6) is 0 Å². The zero-order valence-corrected chi connectivity index (χ0v) is 18.2. The van der Waals surface area contributed by atoms with E-state index in [1.165, 1.54) is 19.3 Å². The number of carbonyl (C=O) groups is 1. The first-order chi connectivity index (χ1) is 12.8. The molecule has 0 spiro atoms. The molecule has 8 heteroatoms. The smallest absolute Gasteiger partial charge is 0.237 e. The summed E-state index contributed by atoms with van der Waals surface area (Å²) in [5, 5.41) is 6.49. The van der Waals surface area contributed by atoms with Gasteiger partial charge in [0.05, 0.1) is 11.8 Å². The van der Waals surface area contributed by atoms with Crippen molar-refractivity contribution in [1.29, 1.82) is 0 Å². The number of benzene rings is 1. The van der Waals surface area contributed by atoms with E-state index in [-0.39, 0.29) is 36.2 Å². The van der Waals surface area contributed by atoms with E-state index in [9.17, 15) is 13.2 Å². The fourth-order valence-corrected chi connectivity index (χ4v) is 5.80. The van der Waals surface area contributed by atoms with Crippen molar-refractivity contribution in [3.63, 3.8) is 0 Å². The Morgan fingerprint density at radius 2 is 1.86 bits per heavy atom. The molecule has 3 N–H and O–H groups in total. The fourth-order valence-electron chi connectivity index (χ4n) is 4.30. The van der Waals surface area contributed by atoms with E-state index >= 15 is 0 Å². The van der Waals surface area contributed by atoms with Crippen LogP contribution in [0.15, 0.2) is 24.3 Å². The topological polar surface area (TPSA) is 87.3 Å². The molecule has 1 saturated heterocycles. The van der Waals surface area contributed by atoms with Gasteiger partial charge in [0.1, 0.15) is 0 Å². The van der Waals surface area contributed by atoms with E-state index in [1.54, 1.807) is 13.8 Å².